The van der Waals surface area contributed by atoms with Crippen molar-refractivity contribution in [3.63, 3.8) is 0 Å². The third-order valence-electron chi connectivity index (χ3n) is 3.08. The van der Waals surface area contributed by atoms with Crippen LogP contribution in [0.4, 0.5) is 0 Å². The van der Waals surface area contributed by atoms with E-state index in [1.54, 1.807) is 46.8 Å². The molecule has 0 aliphatic carbocycles. The molecule has 0 amide bonds. The highest BCUT2D eigenvalue weighted by molar-refractivity contribution is 7.89. The number of nitrogens with one attached hydrogen (secondary N) is 1. The number of benzene rings is 1. The van der Waals surface area contributed by atoms with Crippen LogP contribution in [-0.4, -0.2) is 37.2 Å². The van der Waals surface area contributed by atoms with Gasteiger partial charge in [-0.1, -0.05) is 12.1 Å². The lowest BCUT2D eigenvalue weighted by Gasteiger charge is -2.27. The predicted octanol–water partition coefficient (Wildman–Crippen LogP) is 1.67. The second-order valence-electron chi connectivity index (χ2n) is 6.87. The maximum absolute atomic E-state index is 12.4. The lowest BCUT2D eigenvalue weighted by molar-refractivity contribution is -0.174. The molecule has 2 N–H and O–H groups in total. The van der Waals surface area contributed by atoms with Crippen molar-refractivity contribution >= 4 is 16.0 Å². The molecule has 130 valence electrons. The maximum atomic E-state index is 12.4. The van der Waals surface area contributed by atoms with Crippen LogP contribution in [-0.2, 0) is 19.6 Å². The van der Waals surface area contributed by atoms with Crippen molar-refractivity contribution in [2.75, 3.05) is 6.54 Å². The van der Waals surface area contributed by atoms with Gasteiger partial charge in [0.25, 0.3) is 0 Å². The first-order valence-electron chi connectivity index (χ1n) is 7.27. The zero-order valence-electron chi connectivity index (χ0n) is 14.4. The van der Waals surface area contributed by atoms with E-state index >= 15 is 0 Å². The van der Waals surface area contributed by atoms with Crippen LogP contribution in [0.25, 0.3) is 0 Å². The van der Waals surface area contributed by atoms with Crippen molar-refractivity contribution in [1.82, 2.24) is 4.72 Å². The van der Waals surface area contributed by atoms with Crippen molar-refractivity contribution in [3.05, 3.63) is 29.3 Å². The quantitative estimate of drug-likeness (QED) is 0.794. The molecule has 1 aromatic rings. The minimum Gasteiger partial charge on any atom is -0.458 e. The molecule has 6 nitrogen and oxygen atoms in total. The minimum absolute atomic E-state index is 0.123. The summed E-state index contributed by atoms with van der Waals surface area (Å²) >= 11 is 0. The Hall–Kier alpha value is -1.44. The highest BCUT2D eigenvalue weighted by Gasteiger charge is 2.36. The largest absolute Gasteiger partial charge is 0.458 e. The number of rotatable bonds is 5. The van der Waals surface area contributed by atoms with Crippen molar-refractivity contribution in [2.24, 2.45) is 0 Å². The summed E-state index contributed by atoms with van der Waals surface area (Å²) < 4.78 is 32.1. The number of aryl methyl sites for hydroxylation is 2. The van der Waals surface area contributed by atoms with Gasteiger partial charge in [0.1, 0.15) is 5.60 Å². The second kappa shape index (κ2) is 6.59. The highest BCUT2D eigenvalue weighted by atomic mass is 32.2. The van der Waals surface area contributed by atoms with E-state index in [0.717, 1.165) is 5.56 Å². The highest BCUT2D eigenvalue weighted by Crippen LogP contribution is 2.18. The molecule has 0 saturated carbocycles. The Morgan fingerprint density at radius 2 is 1.78 bits per heavy atom. The average Bonchev–Trinajstić information content (AvgIpc) is 2.37. The van der Waals surface area contributed by atoms with Gasteiger partial charge in [0.05, 0.1) is 11.4 Å². The summed E-state index contributed by atoms with van der Waals surface area (Å²) in [6, 6.07) is 5.06. The molecule has 1 rings (SSSR count). The number of aliphatic hydroxyl groups is 1. The van der Waals surface area contributed by atoms with E-state index < -0.39 is 33.7 Å². The summed E-state index contributed by atoms with van der Waals surface area (Å²) in [6.45, 7) is 9.21. The maximum Gasteiger partial charge on any atom is 0.339 e. The molecule has 0 fully saturated rings. The Morgan fingerprint density at radius 1 is 1.22 bits per heavy atom. The van der Waals surface area contributed by atoms with Gasteiger partial charge >= 0.3 is 5.97 Å². The molecule has 0 radical (unpaired) electrons. The summed E-state index contributed by atoms with van der Waals surface area (Å²) in [5.74, 6) is -0.881. The van der Waals surface area contributed by atoms with Crippen molar-refractivity contribution in [1.29, 1.82) is 0 Å². The molecule has 0 spiro atoms. The van der Waals surface area contributed by atoms with Gasteiger partial charge in [-0.25, -0.2) is 17.9 Å². The van der Waals surface area contributed by atoms with Crippen LogP contribution in [0, 0.1) is 13.8 Å². The van der Waals surface area contributed by atoms with E-state index in [1.807, 2.05) is 6.07 Å². The normalized spacial score (nSPS) is 15.1. The monoisotopic (exact) mass is 343 g/mol. The molecule has 0 bridgehead atoms. The molecule has 0 aliphatic heterocycles. The molecular formula is C16H25NO5S. The number of sulfonamides is 1. The van der Waals surface area contributed by atoms with Crippen LogP contribution < -0.4 is 4.72 Å². The molecule has 0 unspecified atom stereocenters. The fraction of sp³-hybridized carbons (Fsp3) is 0.562. The van der Waals surface area contributed by atoms with Gasteiger partial charge in [0.2, 0.25) is 10.0 Å². The molecule has 1 aromatic carbocycles. The number of hydrogen-bond donors (Lipinski definition) is 2. The van der Waals surface area contributed by atoms with Crippen LogP contribution in [0.1, 0.15) is 38.8 Å². The van der Waals surface area contributed by atoms with Gasteiger partial charge < -0.3 is 9.84 Å². The fourth-order valence-electron chi connectivity index (χ4n) is 1.77. The summed E-state index contributed by atoms with van der Waals surface area (Å²) in [4.78, 5) is 12.1. The summed E-state index contributed by atoms with van der Waals surface area (Å²) in [5, 5.41) is 10.2. The topological polar surface area (TPSA) is 92.7 Å². The fourth-order valence-corrected chi connectivity index (χ4v) is 3.23. The zero-order chi connectivity index (χ0) is 18.1. The van der Waals surface area contributed by atoms with E-state index in [4.69, 9.17) is 4.74 Å². The van der Waals surface area contributed by atoms with Crippen molar-refractivity contribution < 1.29 is 23.1 Å². The third kappa shape index (κ3) is 5.60. The Kier molecular flexibility index (Phi) is 5.61. The number of hydrogen-bond acceptors (Lipinski definition) is 5. The molecule has 0 heterocycles. The van der Waals surface area contributed by atoms with Crippen LogP contribution >= 0.6 is 0 Å². The van der Waals surface area contributed by atoms with Crippen molar-refractivity contribution in [2.45, 2.75) is 57.6 Å². The second-order valence-corrected chi connectivity index (χ2v) is 8.60. The van der Waals surface area contributed by atoms with Gasteiger partial charge in [0, 0.05) is 0 Å². The van der Waals surface area contributed by atoms with Gasteiger partial charge in [-0.15, -0.1) is 0 Å². The summed E-state index contributed by atoms with van der Waals surface area (Å²) in [6.07, 6.45) is 0. The lowest BCUT2D eigenvalue weighted by Crippen LogP contribution is -2.49. The first-order valence-corrected chi connectivity index (χ1v) is 8.76. The summed E-state index contributed by atoms with van der Waals surface area (Å²) in [7, 11) is -3.84. The Morgan fingerprint density at radius 3 is 2.30 bits per heavy atom. The average molecular weight is 343 g/mol. The van der Waals surface area contributed by atoms with Gasteiger partial charge in [-0.05, 0) is 58.7 Å². The molecule has 7 heteroatoms. The summed E-state index contributed by atoms with van der Waals surface area (Å²) in [5.41, 5.74) is -1.35. The molecule has 0 aliphatic rings. The first kappa shape index (κ1) is 19.6. The smallest absolute Gasteiger partial charge is 0.339 e. The number of ether oxygens (including phenoxy) is 1. The van der Waals surface area contributed by atoms with E-state index in [0.29, 0.717) is 5.56 Å². The van der Waals surface area contributed by atoms with Crippen molar-refractivity contribution in [3.8, 4) is 0 Å². The Balaban J connectivity index is 2.91. The van der Waals surface area contributed by atoms with Gasteiger partial charge in [0.15, 0.2) is 5.60 Å². The Labute approximate surface area is 137 Å². The van der Waals surface area contributed by atoms with E-state index in [9.17, 15) is 18.3 Å². The zero-order valence-corrected chi connectivity index (χ0v) is 15.2. The van der Waals surface area contributed by atoms with Gasteiger partial charge in [-0.2, -0.15) is 0 Å². The van der Waals surface area contributed by atoms with Crippen LogP contribution in [0.5, 0.6) is 0 Å². The Bertz CT molecular complexity index is 687. The number of carbonyl (C=O) groups excluding carboxylic acids is 1. The molecule has 0 aromatic heterocycles. The minimum atomic E-state index is -3.84. The predicted molar refractivity (Wildman–Crippen MR) is 87.6 cm³/mol. The standard InChI is InChI=1S/C16H25NO5S/c1-11-7-8-12(2)13(9-11)23(20,21)17-10-16(6,19)14(18)22-15(3,4)5/h7-9,17,19H,10H2,1-6H3/t16-/m1/s1. The van der Waals surface area contributed by atoms with Crippen LogP contribution in [0.2, 0.25) is 0 Å². The van der Waals surface area contributed by atoms with E-state index in [1.165, 1.54) is 6.92 Å². The molecule has 0 saturated heterocycles. The molecule has 23 heavy (non-hydrogen) atoms. The number of esters is 1. The van der Waals surface area contributed by atoms with Crippen LogP contribution in [0.3, 0.4) is 0 Å². The van der Waals surface area contributed by atoms with Crippen LogP contribution in [0.15, 0.2) is 23.1 Å². The molecule has 1 atom stereocenters. The third-order valence-corrected chi connectivity index (χ3v) is 4.62. The van der Waals surface area contributed by atoms with E-state index in [2.05, 4.69) is 4.72 Å². The molecular weight excluding hydrogens is 318 g/mol. The first-order chi connectivity index (χ1) is 10.2. The lowest BCUT2D eigenvalue weighted by atomic mass is 10.1. The van der Waals surface area contributed by atoms with E-state index in [-0.39, 0.29) is 4.90 Å². The number of carbonyl (C=O) groups is 1. The van der Waals surface area contributed by atoms with Gasteiger partial charge in [-0.3, -0.25) is 0 Å². The SMILES string of the molecule is Cc1ccc(C)c(S(=O)(=O)NC[C@@](C)(O)C(=O)OC(C)(C)C)c1.